The summed E-state index contributed by atoms with van der Waals surface area (Å²) in [6.45, 7) is 7.54. The van der Waals surface area contributed by atoms with Crippen LogP contribution in [-0.2, 0) is 14.3 Å². The van der Waals surface area contributed by atoms with Crippen molar-refractivity contribution in [1.82, 2.24) is 30.7 Å². The number of methoxy groups -OCH3 is 1. The Morgan fingerprint density at radius 1 is 1.09 bits per heavy atom. The van der Waals surface area contributed by atoms with Crippen LogP contribution in [0.1, 0.15) is 65.2 Å². The smallest absolute Gasteiger partial charge is 0.320 e. The van der Waals surface area contributed by atoms with Crippen LogP contribution in [-0.4, -0.2) is 128 Å². The zero-order valence-electron chi connectivity index (χ0n) is 27.7. The molecule has 46 heavy (non-hydrogen) atoms. The van der Waals surface area contributed by atoms with Crippen LogP contribution in [0, 0.1) is 23.7 Å². The summed E-state index contributed by atoms with van der Waals surface area (Å²) in [7, 11) is 1.60. The lowest BCUT2D eigenvalue weighted by Crippen LogP contribution is -2.80. The molecule has 13 unspecified atom stereocenters. The second-order valence-electron chi connectivity index (χ2n) is 15.2. The number of hydrogen-bond donors (Lipinski definition) is 3. The topological polar surface area (TPSA) is 98.4 Å². The van der Waals surface area contributed by atoms with Gasteiger partial charge in [-0.25, -0.2) is 13.6 Å². The molecule has 7 aliphatic rings. The van der Waals surface area contributed by atoms with Crippen LogP contribution in [0.4, 0.5) is 13.6 Å². The number of alkyl halides is 2. The first-order valence-corrected chi connectivity index (χ1v) is 18.0. The Kier molecular flexibility index (Phi) is 9.64. The van der Waals surface area contributed by atoms with E-state index >= 15 is 8.78 Å². The second kappa shape index (κ2) is 13.6. The molecule has 0 radical (unpaired) electrons. The largest absolute Gasteiger partial charge is 0.381 e. The molecule has 7 rings (SSSR count). The number of amides is 3. The zero-order valence-corrected chi connectivity index (χ0v) is 27.7. The first kappa shape index (κ1) is 32.7. The Labute approximate surface area is 272 Å². The normalized spacial score (nSPS) is 44.8. The summed E-state index contributed by atoms with van der Waals surface area (Å²) in [6.07, 6.45) is 5.52. The van der Waals surface area contributed by atoms with Crippen molar-refractivity contribution in [3.8, 4) is 0 Å². The molecule has 0 aromatic rings. The second-order valence-corrected chi connectivity index (χ2v) is 15.2. The molecule has 0 aromatic heterocycles. The number of carbonyl (C=O) groups is 2. The Hall–Kier alpha value is -1.86. The third kappa shape index (κ3) is 5.77. The lowest BCUT2D eigenvalue weighted by atomic mass is 9.72. The predicted molar refractivity (Wildman–Crippen MR) is 169 cm³/mol. The van der Waals surface area contributed by atoms with Gasteiger partial charge in [0.1, 0.15) is 12.3 Å². The van der Waals surface area contributed by atoms with Gasteiger partial charge in [-0.15, -0.1) is 0 Å². The van der Waals surface area contributed by atoms with Crippen LogP contribution in [0.3, 0.4) is 0 Å². The average Bonchev–Trinajstić information content (AvgIpc) is 3.33. The van der Waals surface area contributed by atoms with E-state index in [9.17, 15) is 9.59 Å². The number of halogens is 2. The number of piperidine rings is 2. The van der Waals surface area contributed by atoms with E-state index in [1.807, 2.05) is 9.80 Å². The lowest BCUT2D eigenvalue weighted by Gasteiger charge is -2.60. The molecule has 6 heterocycles. The van der Waals surface area contributed by atoms with E-state index in [1.54, 1.807) is 19.3 Å². The fourth-order valence-corrected chi connectivity index (χ4v) is 10.3. The van der Waals surface area contributed by atoms with E-state index in [0.29, 0.717) is 32.1 Å². The fourth-order valence-electron chi connectivity index (χ4n) is 10.3. The summed E-state index contributed by atoms with van der Waals surface area (Å²) in [5, 5.41) is 10.8. The molecule has 0 aromatic carbocycles. The molecule has 3 N–H and O–H groups in total. The zero-order chi connectivity index (χ0) is 32.1. The van der Waals surface area contributed by atoms with Gasteiger partial charge < -0.3 is 29.9 Å². The highest BCUT2D eigenvalue weighted by Gasteiger charge is 2.60. The van der Waals surface area contributed by atoms with Gasteiger partial charge in [0.25, 0.3) is 0 Å². The molecule has 7 fully saturated rings. The number of nitrogens with one attached hydrogen (secondary N) is 3. The molecule has 2 bridgehead atoms. The molecule has 0 spiro atoms. The number of ether oxygens (including phenoxy) is 2. The maximum Gasteiger partial charge on any atom is 0.320 e. The van der Waals surface area contributed by atoms with Gasteiger partial charge in [-0.3, -0.25) is 15.0 Å². The van der Waals surface area contributed by atoms with Crippen molar-refractivity contribution >= 4 is 11.9 Å². The Bertz CT molecular complexity index is 1150. The average molecular weight is 649 g/mol. The molecular formula is C34H54F2N6O4. The van der Waals surface area contributed by atoms with Crippen LogP contribution in [0.15, 0.2) is 12.2 Å². The summed E-state index contributed by atoms with van der Waals surface area (Å²) in [6, 6.07) is -0.638. The van der Waals surface area contributed by atoms with E-state index < -0.39 is 30.5 Å². The number of hydrogen-bond acceptors (Lipinski definition) is 7. The van der Waals surface area contributed by atoms with Crippen molar-refractivity contribution in [2.45, 2.75) is 126 Å². The number of fused-ring (bicyclic) bond motifs is 6. The number of urea groups is 1. The van der Waals surface area contributed by atoms with Gasteiger partial charge in [0, 0.05) is 62.8 Å². The van der Waals surface area contributed by atoms with Crippen molar-refractivity contribution in [1.29, 1.82) is 0 Å². The van der Waals surface area contributed by atoms with E-state index in [-0.39, 0.29) is 66.6 Å². The summed E-state index contributed by atoms with van der Waals surface area (Å²) in [4.78, 5) is 33.6. The van der Waals surface area contributed by atoms with Gasteiger partial charge in [-0.2, -0.15) is 0 Å². The minimum absolute atomic E-state index is 0.0232. The Balaban J connectivity index is 1.20. The summed E-state index contributed by atoms with van der Waals surface area (Å²) in [5.74, 6) is -0.252. The Morgan fingerprint density at radius 2 is 1.93 bits per heavy atom. The minimum atomic E-state index is -1.26. The van der Waals surface area contributed by atoms with Gasteiger partial charge in [-0.05, 0) is 69.7 Å². The third-order valence-corrected chi connectivity index (χ3v) is 12.4. The molecule has 258 valence electrons. The predicted octanol–water partition coefficient (Wildman–Crippen LogP) is 2.79. The minimum Gasteiger partial charge on any atom is -0.381 e. The number of carbonyl (C=O) groups excluding carboxylic acids is 2. The molecule has 12 heteroatoms. The summed E-state index contributed by atoms with van der Waals surface area (Å²) in [5.41, 5.74) is 0. The van der Waals surface area contributed by atoms with Crippen LogP contribution < -0.4 is 16.0 Å². The molecule has 1 aliphatic carbocycles. The fraction of sp³-hybridized carbons (Fsp3) is 0.882. The molecule has 10 nitrogen and oxygen atoms in total. The molecule has 6 aliphatic heterocycles. The molecule has 3 amide bonds. The molecule has 6 saturated heterocycles. The van der Waals surface area contributed by atoms with Gasteiger partial charge >= 0.3 is 6.03 Å². The monoisotopic (exact) mass is 648 g/mol. The summed E-state index contributed by atoms with van der Waals surface area (Å²) < 4.78 is 43.8. The van der Waals surface area contributed by atoms with Crippen molar-refractivity contribution in [3.05, 3.63) is 12.2 Å². The van der Waals surface area contributed by atoms with Gasteiger partial charge in [0.05, 0.1) is 37.1 Å². The van der Waals surface area contributed by atoms with Crippen LogP contribution in [0.25, 0.3) is 0 Å². The van der Waals surface area contributed by atoms with Crippen molar-refractivity contribution in [2.24, 2.45) is 23.7 Å². The van der Waals surface area contributed by atoms with E-state index in [2.05, 4.69) is 34.7 Å². The third-order valence-electron chi connectivity index (χ3n) is 12.4. The lowest BCUT2D eigenvalue weighted by molar-refractivity contribution is -0.141. The molecule has 13 atom stereocenters. The van der Waals surface area contributed by atoms with Crippen LogP contribution >= 0.6 is 0 Å². The highest BCUT2D eigenvalue weighted by atomic mass is 19.1. The Morgan fingerprint density at radius 3 is 2.74 bits per heavy atom. The highest BCUT2D eigenvalue weighted by Crippen LogP contribution is 2.45. The van der Waals surface area contributed by atoms with Crippen molar-refractivity contribution in [2.75, 3.05) is 40.0 Å². The number of nitrogens with zero attached hydrogens (tertiary/aromatic N) is 3. The molecular weight excluding hydrogens is 594 g/mol. The maximum absolute atomic E-state index is 16.6. The maximum atomic E-state index is 16.6. The molecule has 1 saturated carbocycles. The SMILES string of the molecule is COC/C=C/C(=O)N1CC2C1CCN2C1NC(=O)N2C3NC(C(F)CC13)C1C(F)CCCC1OCCCC1CCNC(C(C)C)C12. The van der Waals surface area contributed by atoms with Gasteiger partial charge in [0.2, 0.25) is 5.91 Å². The van der Waals surface area contributed by atoms with Crippen LogP contribution in [0.5, 0.6) is 0 Å². The van der Waals surface area contributed by atoms with E-state index in [1.165, 1.54) is 0 Å². The highest BCUT2D eigenvalue weighted by molar-refractivity contribution is 5.88. The number of rotatable bonds is 5. The summed E-state index contributed by atoms with van der Waals surface area (Å²) >= 11 is 0. The first-order chi connectivity index (χ1) is 22.3. The standard InChI is InChI=1S/C34H54F2N6O4/c1-19(2)29-31-20(11-13-37-29)7-5-16-46-26-9-4-8-22(35)28(26)30-23(36)17-21-32(39-34(44)42(31)33(21)38-30)40-14-12-24-25(40)18-41(24)27(43)10-6-15-45-3/h6,10,19-26,28-33,37-38H,4-5,7-9,11-18H2,1-3H3,(H,39,44)/b10-6+. The van der Waals surface area contributed by atoms with Crippen molar-refractivity contribution in [3.63, 3.8) is 0 Å². The van der Waals surface area contributed by atoms with Gasteiger partial charge in [0.15, 0.2) is 0 Å². The van der Waals surface area contributed by atoms with Gasteiger partial charge in [-0.1, -0.05) is 19.9 Å². The quantitative estimate of drug-likeness (QED) is 0.395. The first-order valence-electron chi connectivity index (χ1n) is 18.0. The number of likely N-dealkylation sites (tertiary alicyclic amines) is 2. The van der Waals surface area contributed by atoms with E-state index in [0.717, 1.165) is 51.6 Å². The van der Waals surface area contributed by atoms with Crippen molar-refractivity contribution < 1.29 is 27.8 Å². The van der Waals surface area contributed by atoms with Crippen LogP contribution in [0.2, 0.25) is 0 Å². The van der Waals surface area contributed by atoms with E-state index in [4.69, 9.17) is 9.47 Å².